The summed E-state index contributed by atoms with van der Waals surface area (Å²) in [5.74, 6) is -21.5. The van der Waals surface area contributed by atoms with Gasteiger partial charge in [-0.1, -0.05) is 0 Å². The predicted molar refractivity (Wildman–Crippen MR) is 62.3 cm³/mol. The van der Waals surface area contributed by atoms with Crippen molar-refractivity contribution in [1.29, 1.82) is 0 Å². The third-order valence-corrected chi connectivity index (χ3v) is 2.58. The lowest BCUT2D eigenvalue weighted by Crippen LogP contribution is -2.07. The molecule has 0 saturated carbocycles. The number of halogens is 9. The zero-order valence-corrected chi connectivity index (χ0v) is 10.9. The number of hydrogen-bond donors (Lipinski definition) is 1. The minimum absolute atomic E-state index is 0.216. The first kappa shape index (κ1) is 18.9. The summed E-state index contributed by atoms with van der Waals surface area (Å²) in [6.07, 6.45) is 0. The summed E-state index contributed by atoms with van der Waals surface area (Å²) in [7, 11) is 1.00. The zero-order valence-electron chi connectivity index (χ0n) is 10.9. The standard InChI is InChI=1S/C12HF9.BH3O/c13-3-1-2(5(14)9(18)6(3)15)4-7(16)10(19)12(21)11(20)8(4)17;1-2/h1H;2H,1H2. The van der Waals surface area contributed by atoms with Crippen molar-refractivity contribution >= 4 is 8.05 Å². The van der Waals surface area contributed by atoms with E-state index in [9.17, 15) is 39.5 Å². The van der Waals surface area contributed by atoms with E-state index in [1.165, 1.54) is 0 Å². The van der Waals surface area contributed by atoms with Gasteiger partial charge < -0.3 is 5.02 Å². The average molecular weight is 346 g/mol. The van der Waals surface area contributed by atoms with E-state index >= 15 is 0 Å². The van der Waals surface area contributed by atoms with E-state index in [0.29, 0.717) is 0 Å². The topological polar surface area (TPSA) is 20.2 Å². The van der Waals surface area contributed by atoms with Gasteiger partial charge in [0.1, 0.15) is 0 Å². The maximum atomic E-state index is 13.4. The summed E-state index contributed by atoms with van der Waals surface area (Å²) in [6.45, 7) is 0. The Morgan fingerprint density at radius 2 is 0.870 bits per heavy atom. The normalized spacial score (nSPS) is 10.3. The van der Waals surface area contributed by atoms with Crippen LogP contribution in [0.4, 0.5) is 39.5 Å². The Kier molecular flexibility index (Phi) is 5.70. The van der Waals surface area contributed by atoms with Crippen molar-refractivity contribution in [2.75, 3.05) is 0 Å². The molecule has 0 spiro atoms. The van der Waals surface area contributed by atoms with Crippen LogP contribution in [-0.4, -0.2) is 13.1 Å². The van der Waals surface area contributed by atoms with E-state index in [2.05, 4.69) is 0 Å². The molecule has 23 heavy (non-hydrogen) atoms. The minimum atomic E-state index is -2.53. The van der Waals surface area contributed by atoms with Gasteiger partial charge in [0.15, 0.2) is 46.5 Å². The minimum Gasteiger partial charge on any atom is -0.458 e. The molecule has 2 rings (SSSR count). The number of hydrogen-bond acceptors (Lipinski definition) is 1. The number of benzene rings is 2. The maximum Gasteiger partial charge on any atom is 0.252 e. The van der Waals surface area contributed by atoms with Crippen molar-refractivity contribution in [2.45, 2.75) is 0 Å². The molecular weight excluding hydrogens is 342 g/mol. The lowest BCUT2D eigenvalue weighted by Gasteiger charge is -2.10. The Labute approximate surface area is 123 Å². The Hall–Kier alpha value is -2.17. The third kappa shape index (κ3) is 3.00. The summed E-state index contributed by atoms with van der Waals surface area (Å²) in [5, 5.41) is 7.00. The quantitative estimate of drug-likeness (QED) is 0.364. The molecule has 0 atom stereocenters. The van der Waals surface area contributed by atoms with Gasteiger partial charge in [0, 0.05) is 5.56 Å². The van der Waals surface area contributed by atoms with Gasteiger partial charge in [-0.05, 0) is 6.07 Å². The van der Waals surface area contributed by atoms with E-state index in [4.69, 9.17) is 5.02 Å². The van der Waals surface area contributed by atoms with Crippen molar-refractivity contribution in [3.05, 3.63) is 58.4 Å². The van der Waals surface area contributed by atoms with E-state index in [1.807, 2.05) is 0 Å². The Morgan fingerprint density at radius 1 is 0.522 bits per heavy atom. The molecule has 124 valence electrons. The second-order valence-electron chi connectivity index (χ2n) is 3.79. The van der Waals surface area contributed by atoms with Gasteiger partial charge in [-0.3, -0.25) is 0 Å². The van der Waals surface area contributed by atoms with E-state index in [-0.39, 0.29) is 6.07 Å². The molecule has 0 aliphatic heterocycles. The van der Waals surface area contributed by atoms with Crippen LogP contribution >= 0.6 is 0 Å². The first-order chi connectivity index (χ1) is 10.7. The molecule has 0 aliphatic rings. The third-order valence-electron chi connectivity index (χ3n) is 2.58. The van der Waals surface area contributed by atoms with E-state index < -0.39 is 63.5 Å². The molecule has 0 bridgehead atoms. The lowest BCUT2D eigenvalue weighted by molar-refractivity contribution is 0.379. The fraction of sp³-hybridized carbons (Fsp3) is 0. The molecule has 2 aromatic rings. The second kappa shape index (κ2) is 6.94. The summed E-state index contributed by atoms with van der Waals surface area (Å²) in [6, 6.07) is -0.216. The van der Waals surface area contributed by atoms with Crippen LogP contribution in [0.15, 0.2) is 6.07 Å². The van der Waals surface area contributed by atoms with Crippen molar-refractivity contribution in [1.82, 2.24) is 0 Å². The molecule has 0 aliphatic carbocycles. The molecule has 1 nitrogen and oxygen atoms in total. The molecule has 0 saturated heterocycles. The van der Waals surface area contributed by atoms with Gasteiger partial charge >= 0.3 is 0 Å². The van der Waals surface area contributed by atoms with Gasteiger partial charge in [-0.2, -0.15) is 0 Å². The first-order valence-electron chi connectivity index (χ1n) is 5.48. The van der Waals surface area contributed by atoms with Gasteiger partial charge in [0.25, 0.3) is 8.05 Å². The van der Waals surface area contributed by atoms with Gasteiger partial charge in [0.05, 0.1) is 5.56 Å². The molecule has 0 radical (unpaired) electrons. The highest BCUT2D eigenvalue weighted by Crippen LogP contribution is 2.34. The van der Waals surface area contributed by atoms with Crippen LogP contribution in [0.5, 0.6) is 0 Å². The van der Waals surface area contributed by atoms with Crippen molar-refractivity contribution < 1.29 is 44.5 Å². The second-order valence-corrected chi connectivity index (χ2v) is 3.79. The summed E-state index contributed by atoms with van der Waals surface area (Å²) in [5.41, 5.74) is -3.54. The van der Waals surface area contributed by atoms with Gasteiger partial charge in [0.2, 0.25) is 5.82 Å². The Morgan fingerprint density at radius 3 is 1.30 bits per heavy atom. The smallest absolute Gasteiger partial charge is 0.252 e. The largest absolute Gasteiger partial charge is 0.458 e. The first-order valence-corrected chi connectivity index (χ1v) is 5.48. The van der Waals surface area contributed by atoms with Crippen molar-refractivity contribution in [3.8, 4) is 11.1 Å². The van der Waals surface area contributed by atoms with Crippen molar-refractivity contribution in [2.24, 2.45) is 0 Å². The van der Waals surface area contributed by atoms with Crippen LogP contribution in [0.3, 0.4) is 0 Å². The molecule has 0 amide bonds. The van der Waals surface area contributed by atoms with Crippen LogP contribution in [0.1, 0.15) is 0 Å². The number of rotatable bonds is 1. The monoisotopic (exact) mass is 346 g/mol. The van der Waals surface area contributed by atoms with Crippen LogP contribution < -0.4 is 0 Å². The van der Waals surface area contributed by atoms with E-state index in [0.717, 1.165) is 8.05 Å². The maximum absolute atomic E-state index is 13.4. The Balaban J connectivity index is 0.00000127. The highest BCUT2D eigenvalue weighted by molar-refractivity contribution is 5.95. The lowest BCUT2D eigenvalue weighted by atomic mass is 10.0. The fourth-order valence-electron chi connectivity index (χ4n) is 1.60. The molecule has 11 heteroatoms. The molecule has 0 unspecified atom stereocenters. The molecule has 0 aromatic heterocycles. The van der Waals surface area contributed by atoms with E-state index in [1.54, 1.807) is 0 Å². The predicted octanol–water partition coefficient (Wildman–Crippen LogP) is 3.13. The highest BCUT2D eigenvalue weighted by atomic mass is 19.2. The highest BCUT2D eigenvalue weighted by Gasteiger charge is 2.30. The molecule has 0 fully saturated rings. The molecule has 1 N–H and O–H groups in total. The summed E-state index contributed by atoms with van der Waals surface area (Å²) in [4.78, 5) is 0. The zero-order chi connectivity index (χ0) is 18.1. The van der Waals surface area contributed by atoms with Crippen LogP contribution in [0, 0.1) is 52.4 Å². The van der Waals surface area contributed by atoms with Crippen LogP contribution in [0.2, 0.25) is 0 Å². The average Bonchev–Trinajstić information content (AvgIpc) is 2.55. The summed E-state index contributed by atoms with van der Waals surface area (Å²) < 4.78 is 118. The van der Waals surface area contributed by atoms with Crippen LogP contribution in [0.25, 0.3) is 11.1 Å². The molecule has 0 heterocycles. The molecular formula is C12H4BF9O. The SMILES string of the molecule is BO.Fc1cc(-c2c(F)c(F)c(F)c(F)c2F)c(F)c(F)c1F. The van der Waals surface area contributed by atoms with Gasteiger partial charge in [-0.15, -0.1) is 0 Å². The Bertz CT molecular complexity index is 734. The summed E-state index contributed by atoms with van der Waals surface area (Å²) >= 11 is 0. The van der Waals surface area contributed by atoms with Crippen LogP contribution in [-0.2, 0) is 0 Å². The fourth-order valence-corrected chi connectivity index (χ4v) is 1.60. The van der Waals surface area contributed by atoms with Crippen molar-refractivity contribution in [3.63, 3.8) is 0 Å². The van der Waals surface area contributed by atoms with Gasteiger partial charge in [-0.25, -0.2) is 39.5 Å². The molecule has 2 aromatic carbocycles.